The SMILES string of the molecule is CC(O)N1C2CCC1CC(C(=O)N(C)C)C2. The molecule has 2 aliphatic heterocycles. The predicted octanol–water partition coefficient (Wildman–Crippen LogP) is 0.656. The van der Waals surface area contributed by atoms with Crippen molar-refractivity contribution in [2.75, 3.05) is 14.1 Å². The van der Waals surface area contributed by atoms with Gasteiger partial charge in [-0.1, -0.05) is 0 Å². The first-order chi connectivity index (χ1) is 7.50. The molecule has 0 spiro atoms. The summed E-state index contributed by atoms with van der Waals surface area (Å²) in [5.41, 5.74) is 0. The van der Waals surface area contributed by atoms with Crippen LogP contribution in [-0.4, -0.2) is 53.2 Å². The second-order valence-corrected chi connectivity index (χ2v) is 5.37. The molecule has 2 rings (SSSR count). The van der Waals surface area contributed by atoms with Crippen LogP contribution in [0.5, 0.6) is 0 Å². The average molecular weight is 226 g/mol. The molecular formula is C12H22N2O2. The molecule has 0 saturated carbocycles. The fourth-order valence-corrected chi connectivity index (χ4v) is 3.39. The number of fused-ring (bicyclic) bond motifs is 2. The van der Waals surface area contributed by atoms with Crippen molar-refractivity contribution in [1.29, 1.82) is 0 Å². The zero-order valence-corrected chi connectivity index (χ0v) is 10.4. The summed E-state index contributed by atoms with van der Waals surface area (Å²) < 4.78 is 0. The summed E-state index contributed by atoms with van der Waals surface area (Å²) in [4.78, 5) is 15.8. The topological polar surface area (TPSA) is 43.8 Å². The Labute approximate surface area is 97.2 Å². The van der Waals surface area contributed by atoms with E-state index in [0.29, 0.717) is 12.1 Å². The fourth-order valence-electron chi connectivity index (χ4n) is 3.39. The molecule has 0 radical (unpaired) electrons. The molecule has 4 nitrogen and oxygen atoms in total. The van der Waals surface area contributed by atoms with Gasteiger partial charge in [0.1, 0.15) is 6.23 Å². The summed E-state index contributed by atoms with van der Waals surface area (Å²) in [5, 5.41) is 9.72. The minimum absolute atomic E-state index is 0.169. The maximum Gasteiger partial charge on any atom is 0.225 e. The molecule has 2 aliphatic rings. The smallest absolute Gasteiger partial charge is 0.225 e. The molecule has 0 aliphatic carbocycles. The molecule has 3 atom stereocenters. The zero-order chi connectivity index (χ0) is 11.9. The Hall–Kier alpha value is -0.610. The molecule has 1 N–H and O–H groups in total. The number of carbonyl (C=O) groups is 1. The van der Waals surface area contributed by atoms with Crippen LogP contribution in [0.3, 0.4) is 0 Å². The second kappa shape index (κ2) is 4.34. The lowest BCUT2D eigenvalue weighted by Crippen LogP contribution is -2.50. The third-order valence-electron chi connectivity index (χ3n) is 4.01. The van der Waals surface area contributed by atoms with E-state index < -0.39 is 0 Å². The summed E-state index contributed by atoms with van der Waals surface area (Å²) in [6.45, 7) is 1.83. The van der Waals surface area contributed by atoms with E-state index in [2.05, 4.69) is 4.90 Å². The number of piperidine rings is 1. The number of aliphatic hydroxyl groups excluding tert-OH is 1. The maximum atomic E-state index is 11.9. The molecule has 3 unspecified atom stereocenters. The lowest BCUT2D eigenvalue weighted by Gasteiger charge is -2.40. The van der Waals surface area contributed by atoms with Gasteiger partial charge in [-0.25, -0.2) is 0 Å². The highest BCUT2D eigenvalue weighted by Gasteiger charge is 2.44. The molecule has 16 heavy (non-hydrogen) atoms. The molecule has 2 fully saturated rings. The van der Waals surface area contributed by atoms with Gasteiger partial charge in [0.25, 0.3) is 0 Å². The highest BCUT2D eigenvalue weighted by molar-refractivity contribution is 5.78. The van der Waals surface area contributed by atoms with Crippen molar-refractivity contribution in [3.8, 4) is 0 Å². The highest BCUT2D eigenvalue weighted by Crippen LogP contribution is 2.39. The lowest BCUT2D eigenvalue weighted by atomic mass is 9.89. The predicted molar refractivity (Wildman–Crippen MR) is 61.7 cm³/mol. The normalized spacial score (nSPS) is 36.1. The Morgan fingerprint density at radius 1 is 1.31 bits per heavy atom. The van der Waals surface area contributed by atoms with Gasteiger partial charge in [0, 0.05) is 32.1 Å². The Morgan fingerprint density at radius 3 is 2.19 bits per heavy atom. The van der Waals surface area contributed by atoms with E-state index in [4.69, 9.17) is 0 Å². The van der Waals surface area contributed by atoms with Crippen molar-refractivity contribution in [2.24, 2.45) is 5.92 Å². The van der Waals surface area contributed by atoms with Crippen LogP contribution in [0.2, 0.25) is 0 Å². The van der Waals surface area contributed by atoms with Crippen LogP contribution in [0.25, 0.3) is 0 Å². The molecule has 0 aromatic rings. The van der Waals surface area contributed by atoms with Gasteiger partial charge in [0.2, 0.25) is 5.91 Å². The fraction of sp³-hybridized carbons (Fsp3) is 0.917. The minimum Gasteiger partial charge on any atom is -0.379 e. The molecule has 92 valence electrons. The van der Waals surface area contributed by atoms with Crippen LogP contribution in [-0.2, 0) is 4.79 Å². The second-order valence-electron chi connectivity index (χ2n) is 5.37. The molecule has 2 bridgehead atoms. The molecule has 2 saturated heterocycles. The number of hydrogen-bond acceptors (Lipinski definition) is 3. The number of carbonyl (C=O) groups excluding carboxylic acids is 1. The van der Waals surface area contributed by atoms with E-state index in [-0.39, 0.29) is 18.1 Å². The van der Waals surface area contributed by atoms with Gasteiger partial charge in [-0.15, -0.1) is 0 Å². The van der Waals surface area contributed by atoms with Crippen LogP contribution in [0.15, 0.2) is 0 Å². The van der Waals surface area contributed by atoms with Crippen molar-refractivity contribution in [3.63, 3.8) is 0 Å². The first kappa shape index (κ1) is 11.9. The van der Waals surface area contributed by atoms with Crippen LogP contribution in [0.4, 0.5) is 0 Å². The van der Waals surface area contributed by atoms with Crippen molar-refractivity contribution in [1.82, 2.24) is 9.80 Å². The first-order valence-electron chi connectivity index (χ1n) is 6.17. The lowest BCUT2D eigenvalue weighted by molar-refractivity contribution is -0.137. The maximum absolute atomic E-state index is 11.9. The Bertz CT molecular complexity index is 264. The molecule has 4 heteroatoms. The van der Waals surface area contributed by atoms with Crippen LogP contribution >= 0.6 is 0 Å². The standard InChI is InChI=1S/C12H22N2O2/c1-8(15)14-10-4-5-11(14)7-9(6-10)12(16)13(2)3/h8-11,15H,4-7H2,1-3H3. The number of amides is 1. The van der Waals surface area contributed by atoms with Gasteiger partial charge >= 0.3 is 0 Å². The van der Waals surface area contributed by atoms with E-state index in [1.54, 1.807) is 4.90 Å². The number of rotatable bonds is 2. The first-order valence-corrected chi connectivity index (χ1v) is 6.17. The molecular weight excluding hydrogens is 204 g/mol. The largest absolute Gasteiger partial charge is 0.379 e. The average Bonchev–Trinajstić information content (AvgIpc) is 2.49. The molecule has 1 amide bonds. The third-order valence-corrected chi connectivity index (χ3v) is 4.01. The van der Waals surface area contributed by atoms with E-state index >= 15 is 0 Å². The van der Waals surface area contributed by atoms with Crippen LogP contribution < -0.4 is 0 Å². The Morgan fingerprint density at radius 2 is 1.81 bits per heavy atom. The third kappa shape index (κ3) is 1.96. The van der Waals surface area contributed by atoms with Crippen molar-refractivity contribution in [3.05, 3.63) is 0 Å². The van der Waals surface area contributed by atoms with E-state index in [9.17, 15) is 9.90 Å². The number of hydrogen-bond donors (Lipinski definition) is 1. The Balaban J connectivity index is 2.05. The van der Waals surface area contributed by atoms with Gasteiger partial charge in [-0.2, -0.15) is 0 Å². The van der Waals surface area contributed by atoms with E-state index in [1.807, 2.05) is 21.0 Å². The van der Waals surface area contributed by atoms with Crippen LogP contribution in [0.1, 0.15) is 32.6 Å². The molecule has 2 heterocycles. The van der Waals surface area contributed by atoms with Crippen molar-refractivity contribution >= 4 is 5.91 Å². The summed E-state index contributed by atoms with van der Waals surface area (Å²) >= 11 is 0. The highest BCUT2D eigenvalue weighted by atomic mass is 16.3. The van der Waals surface area contributed by atoms with Gasteiger partial charge < -0.3 is 10.0 Å². The molecule has 0 aromatic heterocycles. The van der Waals surface area contributed by atoms with E-state index in [0.717, 1.165) is 25.7 Å². The summed E-state index contributed by atoms with van der Waals surface area (Å²) in [6, 6.07) is 0.820. The quantitative estimate of drug-likeness (QED) is 0.752. The van der Waals surface area contributed by atoms with Gasteiger partial charge in [0.15, 0.2) is 0 Å². The van der Waals surface area contributed by atoms with Crippen molar-refractivity contribution < 1.29 is 9.90 Å². The number of nitrogens with zero attached hydrogens (tertiary/aromatic N) is 2. The number of aliphatic hydroxyl groups is 1. The Kier molecular flexibility index (Phi) is 3.22. The van der Waals surface area contributed by atoms with Crippen molar-refractivity contribution in [2.45, 2.75) is 50.9 Å². The summed E-state index contributed by atoms with van der Waals surface area (Å²) in [7, 11) is 3.65. The van der Waals surface area contributed by atoms with Crippen LogP contribution in [0, 0.1) is 5.92 Å². The minimum atomic E-state index is -0.368. The summed E-state index contributed by atoms with van der Waals surface area (Å²) in [5.74, 6) is 0.421. The summed E-state index contributed by atoms with van der Waals surface area (Å²) in [6.07, 6.45) is 3.73. The zero-order valence-electron chi connectivity index (χ0n) is 10.4. The van der Waals surface area contributed by atoms with Gasteiger partial charge in [-0.3, -0.25) is 9.69 Å². The molecule has 0 aromatic carbocycles. The van der Waals surface area contributed by atoms with Gasteiger partial charge in [0.05, 0.1) is 0 Å². The monoisotopic (exact) mass is 226 g/mol. The van der Waals surface area contributed by atoms with E-state index in [1.165, 1.54) is 0 Å². The van der Waals surface area contributed by atoms with Gasteiger partial charge in [-0.05, 0) is 32.6 Å².